The van der Waals surface area contributed by atoms with Crippen LogP contribution in [0.1, 0.15) is 5.82 Å². The summed E-state index contributed by atoms with van der Waals surface area (Å²) in [5.41, 5.74) is 8.30. The largest absolute Gasteiger partial charge is 0.495 e. The lowest BCUT2D eigenvalue weighted by molar-refractivity contribution is 0.412. The Bertz CT molecular complexity index is 720. The Morgan fingerprint density at radius 2 is 2.05 bits per heavy atom. The maximum atomic E-state index is 5.79. The molecule has 0 saturated heterocycles. The number of fused-ring (bicyclic) bond motifs is 1. The van der Waals surface area contributed by atoms with Crippen molar-refractivity contribution >= 4 is 11.2 Å². The monoisotopic (exact) mass is 254 g/mol. The zero-order valence-corrected chi connectivity index (χ0v) is 10.6. The molecule has 2 N–H and O–H groups in total. The van der Waals surface area contributed by atoms with Crippen molar-refractivity contribution in [2.45, 2.75) is 6.54 Å². The third-order valence-corrected chi connectivity index (χ3v) is 2.99. The molecule has 19 heavy (non-hydrogen) atoms. The van der Waals surface area contributed by atoms with Crippen LogP contribution in [0.25, 0.3) is 16.9 Å². The molecule has 0 aliphatic carbocycles. The number of para-hydroxylation sites is 2. The number of pyridine rings is 1. The predicted molar refractivity (Wildman–Crippen MR) is 73.3 cm³/mol. The van der Waals surface area contributed by atoms with Gasteiger partial charge in [-0.2, -0.15) is 0 Å². The highest BCUT2D eigenvalue weighted by atomic mass is 16.5. The van der Waals surface area contributed by atoms with E-state index in [1.165, 1.54) is 0 Å². The topological polar surface area (TPSA) is 66.0 Å². The SMILES string of the molecule is COc1ccccc1-n1c(CN)nc2cccnc21. The molecule has 0 radical (unpaired) electrons. The molecule has 0 aliphatic heterocycles. The fourth-order valence-corrected chi connectivity index (χ4v) is 2.16. The molecular formula is C14H14N4O. The Morgan fingerprint density at radius 3 is 2.84 bits per heavy atom. The Balaban J connectivity index is 2.34. The van der Waals surface area contributed by atoms with Gasteiger partial charge in [-0.15, -0.1) is 0 Å². The summed E-state index contributed by atoms with van der Waals surface area (Å²) < 4.78 is 7.34. The van der Waals surface area contributed by atoms with E-state index in [4.69, 9.17) is 10.5 Å². The van der Waals surface area contributed by atoms with Crippen LogP contribution in [0.4, 0.5) is 0 Å². The number of nitrogens with zero attached hydrogens (tertiary/aromatic N) is 3. The minimum atomic E-state index is 0.342. The highest BCUT2D eigenvalue weighted by Crippen LogP contribution is 2.27. The Labute approximate surface area is 110 Å². The highest BCUT2D eigenvalue weighted by molar-refractivity contribution is 5.74. The van der Waals surface area contributed by atoms with E-state index in [-0.39, 0.29) is 0 Å². The summed E-state index contributed by atoms with van der Waals surface area (Å²) in [4.78, 5) is 8.89. The summed E-state index contributed by atoms with van der Waals surface area (Å²) in [6.07, 6.45) is 1.75. The number of aromatic nitrogens is 3. The molecule has 3 aromatic rings. The van der Waals surface area contributed by atoms with Gasteiger partial charge < -0.3 is 10.5 Å². The van der Waals surface area contributed by atoms with Gasteiger partial charge in [-0.25, -0.2) is 9.97 Å². The number of ether oxygens (including phenoxy) is 1. The van der Waals surface area contributed by atoms with Crippen molar-refractivity contribution in [2.75, 3.05) is 7.11 Å². The fraction of sp³-hybridized carbons (Fsp3) is 0.143. The Morgan fingerprint density at radius 1 is 1.21 bits per heavy atom. The molecule has 5 nitrogen and oxygen atoms in total. The van der Waals surface area contributed by atoms with Crippen LogP contribution < -0.4 is 10.5 Å². The second-order valence-corrected chi connectivity index (χ2v) is 4.09. The van der Waals surface area contributed by atoms with Crippen molar-refractivity contribution in [3.8, 4) is 11.4 Å². The molecule has 0 bridgehead atoms. The average molecular weight is 254 g/mol. The average Bonchev–Trinajstić information content (AvgIpc) is 2.85. The molecule has 96 valence electrons. The summed E-state index contributed by atoms with van der Waals surface area (Å²) in [7, 11) is 1.65. The molecule has 2 heterocycles. The van der Waals surface area contributed by atoms with Crippen molar-refractivity contribution in [3.63, 3.8) is 0 Å². The first kappa shape index (κ1) is 11.7. The molecule has 0 aliphatic rings. The van der Waals surface area contributed by atoms with Crippen LogP contribution in [0.15, 0.2) is 42.6 Å². The van der Waals surface area contributed by atoms with Crippen molar-refractivity contribution in [2.24, 2.45) is 5.73 Å². The predicted octanol–water partition coefficient (Wildman–Crippen LogP) is 1.89. The second-order valence-electron chi connectivity index (χ2n) is 4.09. The van der Waals surface area contributed by atoms with E-state index in [0.717, 1.165) is 28.4 Å². The molecule has 5 heteroatoms. The zero-order chi connectivity index (χ0) is 13.2. The molecule has 0 fully saturated rings. The summed E-state index contributed by atoms with van der Waals surface area (Å²) in [6, 6.07) is 11.5. The van der Waals surface area contributed by atoms with E-state index < -0.39 is 0 Å². The molecule has 0 amide bonds. The molecule has 1 aromatic carbocycles. The van der Waals surface area contributed by atoms with Crippen LogP contribution in [0.2, 0.25) is 0 Å². The minimum Gasteiger partial charge on any atom is -0.495 e. The standard InChI is InChI=1S/C14H14N4O/c1-19-12-7-3-2-6-11(12)18-13(9-15)17-10-5-4-8-16-14(10)18/h2-8H,9,15H2,1H3. The van der Waals surface area contributed by atoms with Crippen LogP contribution in [-0.4, -0.2) is 21.6 Å². The van der Waals surface area contributed by atoms with Gasteiger partial charge in [0.1, 0.15) is 17.1 Å². The van der Waals surface area contributed by atoms with Gasteiger partial charge in [0.25, 0.3) is 0 Å². The van der Waals surface area contributed by atoms with Gasteiger partial charge in [-0.05, 0) is 24.3 Å². The molecule has 0 spiro atoms. The maximum absolute atomic E-state index is 5.79. The summed E-state index contributed by atoms with van der Waals surface area (Å²) in [5, 5.41) is 0. The zero-order valence-electron chi connectivity index (χ0n) is 10.6. The third-order valence-electron chi connectivity index (χ3n) is 2.99. The smallest absolute Gasteiger partial charge is 0.164 e. The summed E-state index contributed by atoms with van der Waals surface area (Å²) in [6.45, 7) is 0.342. The first-order chi connectivity index (χ1) is 9.35. The maximum Gasteiger partial charge on any atom is 0.164 e. The number of nitrogens with two attached hydrogens (primary N) is 1. The molecular weight excluding hydrogens is 240 g/mol. The lowest BCUT2D eigenvalue weighted by Crippen LogP contribution is -2.08. The van der Waals surface area contributed by atoms with E-state index in [9.17, 15) is 0 Å². The Kier molecular flexibility index (Phi) is 2.89. The van der Waals surface area contributed by atoms with Crippen molar-refractivity contribution < 1.29 is 4.74 Å². The lowest BCUT2D eigenvalue weighted by atomic mass is 10.3. The molecule has 0 unspecified atom stereocenters. The van der Waals surface area contributed by atoms with Gasteiger partial charge in [0.2, 0.25) is 0 Å². The van der Waals surface area contributed by atoms with E-state index in [1.807, 2.05) is 41.0 Å². The van der Waals surface area contributed by atoms with Gasteiger partial charge >= 0.3 is 0 Å². The van der Waals surface area contributed by atoms with Crippen LogP contribution >= 0.6 is 0 Å². The van der Waals surface area contributed by atoms with Crippen molar-refractivity contribution in [1.82, 2.24) is 14.5 Å². The number of rotatable bonds is 3. The lowest BCUT2D eigenvalue weighted by Gasteiger charge is -2.11. The first-order valence-corrected chi connectivity index (χ1v) is 6.01. The second kappa shape index (κ2) is 4.70. The number of hydrogen-bond acceptors (Lipinski definition) is 4. The number of imidazole rings is 1. The van der Waals surface area contributed by atoms with Gasteiger partial charge in [0.15, 0.2) is 5.65 Å². The summed E-state index contributed by atoms with van der Waals surface area (Å²) >= 11 is 0. The van der Waals surface area contributed by atoms with E-state index in [0.29, 0.717) is 6.54 Å². The van der Waals surface area contributed by atoms with E-state index in [2.05, 4.69) is 9.97 Å². The number of methoxy groups -OCH3 is 1. The first-order valence-electron chi connectivity index (χ1n) is 6.01. The molecule has 2 aromatic heterocycles. The number of hydrogen-bond donors (Lipinski definition) is 1. The van der Waals surface area contributed by atoms with Gasteiger partial charge in [-0.1, -0.05) is 12.1 Å². The Hall–Kier alpha value is -2.40. The van der Waals surface area contributed by atoms with E-state index in [1.54, 1.807) is 13.3 Å². The van der Waals surface area contributed by atoms with Crippen LogP contribution in [0, 0.1) is 0 Å². The third kappa shape index (κ3) is 1.84. The normalized spacial score (nSPS) is 10.8. The van der Waals surface area contributed by atoms with Gasteiger partial charge in [0, 0.05) is 6.20 Å². The van der Waals surface area contributed by atoms with Crippen LogP contribution in [-0.2, 0) is 6.54 Å². The van der Waals surface area contributed by atoms with Gasteiger partial charge in [-0.3, -0.25) is 4.57 Å². The van der Waals surface area contributed by atoms with Crippen LogP contribution in [0.3, 0.4) is 0 Å². The highest BCUT2D eigenvalue weighted by Gasteiger charge is 2.14. The molecule has 3 rings (SSSR count). The van der Waals surface area contributed by atoms with Gasteiger partial charge in [0.05, 0.1) is 19.3 Å². The van der Waals surface area contributed by atoms with Crippen LogP contribution in [0.5, 0.6) is 5.75 Å². The minimum absolute atomic E-state index is 0.342. The fourth-order valence-electron chi connectivity index (χ4n) is 2.16. The van der Waals surface area contributed by atoms with Crippen molar-refractivity contribution in [1.29, 1.82) is 0 Å². The van der Waals surface area contributed by atoms with E-state index >= 15 is 0 Å². The molecule has 0 atom stereocenters. The molecule has 0 saturated carbocycles. The quantitative estimate of drug-likeness (QED) is 0.775. The number of benzene rings is 1. The summed E-state index contributed by atoms with van der Waals surface area (Å²) in [5.74, 6) is 1.53. The van der Waals surface area contributed by atoms with Crippen molar-refractivity contribution in [3.05, 3.63) is 48.4 Å².